The van der Waals surface area contributed by atoms with Crippen molar-refractivity contribution >= 4 is 51.7 Å². The van der Waals surface area contributed by atoms with E-state index in [0.717, 1.165) is 5.56 Å². The zero-order chi connectivity index (χ0) is 21.8. The van der Waals surface area contributed by atoms with E-state index < -0.39 is 18.5 Å². The molecule has 0 aliphatic rings. The number of halogens is 2. The molecule has 0 fully saturated rings. The van der Waals surface area contributed by atoms with E-state index in [1.807, 2.05) is 30.3 Å². The van der Waals surface area contributed by atoms with Crippen LogP contribution in [-0.2, 0) is 9.53 Å². The molecule has 0 bridgehead atoms. The predicted octanol–water partition coefficient (Wildman–Crippen LogP) is 6.00. The number of aromatic nitrogens is 1. The second kappa shape index (κ2) is 9.16. The number of anilines is 1. The number of carbonyl (C=O) groups excluding carboxylic acids is 2. The zero-order valence-electron chi connectivity index (χ0n) is 16.1. The number of nitrogens with zero attached hydrogens (tertiary/aromatic N) is 1. The fourth-order valence-electron chi connectivity index (χ4n) is 3.08. The Kier molecular flexibility index (Phi) is 6.16. The summed E-state index contributed by atoms with van der Waals surface area (Å²) in [6, 6.07) is 22.8. The first-order chi connectivity index (χ1) is 15.0. The third-order valence-electron chi connectivity index (χ3n) is 4.52. The van der Waals surface area contributed by atoms with Gasteiger partial charge in [0.05, 0.1) is 16.8 Å². The average molecular weight is 451 g/mol. The molecule has 0 radical (unpaired) electrons. The van der Waals surface area contributed by atoms with Crippen LogP contribution in [0.5, 0.6) is 0 Å². The molecule has 1 heterocycles. The van der Waals surface area contributed by atoms with Gasteiger partial charge in [-0.2, -0.15) is 0 Å². The molecule has 0 saturated heterocycles. The van der Waals surface area contributed by atoms with Crippen LogP contribution in [0.2, 0.25) is 10.0 Å². The topological polar surface area (TPSA) is 68.3 Å². The molecule has 3 aromatic carbocycles. The van der Waals surface area contributed by atoms with Crippen molar-refractivity contribution in [1.82, 2.24) is 4.98 Å². The van der Waals surface area contributed by atoms with Crippen molar-refractivity contribution in [2.24, 2.45) is 0 Å². The van der Waals surface area contributed by atoms with Gasteiger partial charge in [-0.1, -0.05) is 59.6 Å². The fraction of sp³-hybridized carbons (Fsp3) is 0.0417. The maximum atomic E-state index is 12.8. The lowest BCUT2D eigenvalue weighted by Crippen LogP contribution is -2.21. The first-order valence-corrected chi connectivity index (χ1v) is 10.1. The van der Waals surface area contributed by atoms with Crippen molar-refractivity contribution in [3.05, 3.63) is 94.5 Å². The van der Waals surface area contributed by atoms with Crippen LogP contribution in [0.1, 0.15) is 10.4 Å². The second-order valence-corrected chi connectivity index (χ2v) is 7.59. The Hall–Kier alpha value is -3.41. The maximum absolute atomic E-state index is 12.8. The summed E-state index contributed by atoms with van der Waals surface area (Å²) in [5.74, 6) is -1.08. The van der Waals surface area contributed by atoms with Crippen molar-refractivity contribution in [2.45, 2.75) is 0 Å². The molecule has 0 aliphatic heterocycles. The molecule has 0 unspecified atom stereocenters. The summed E-state index contributed by atoms with van der Waals surface area (Å²) in [6.45, 7) is -0.432. The van der Waals surface area contributed by atoms with E-state index in [0.29, 0.717) is 37.9 Å². The van der Waals surface area contributed by atoms with Crippen molar-refractivity contribution < 1.29 is 14.3 Å². The molecular weight excluding hydrogens is 435 g/mol. The van der Waals surface area contributed by atoms with Gasteiger partial charge < -0.3 is 10.1 Å². The van der Waals surface area contributed by atoms with E-state index >= 15 is 0 Å². The number of rotatable bonds is 5. The largest absolute Gasteiger partial charge is 0.452 e. The van der Waals surface area contributed by atoms with Gasteiger partial charge >= 0.3 is 5.97 Å². The zero-order valence-corrected chi connectivity index (χ0v) is 17.7. The first-order valence-electron chi connectivity index (χ1n) is 9.38. The Bertz CT molecular complexity index is 1270. The van der Waals surface area contributed by atoms with Gasteiger partial charge in [0.25, 0.3) is 5.91 Å². The highest BCUT2D eigenvalue weighted by Gasteiger charge is 2.16. The summed E-state index contributed by atoms with van der Waals surface area (Å²) in [7, 11) is 0. The molecule has 1 aromatic heterocycles. The summed E-state index contributed by atoms with van der Waals surface area (Å²) < 4.78 is 5.28. The Balaban J connectivity index is 1.56. The minimum absolute atomic E-state index is 0.325. The molecule has 31 heavy (non-hydrogen) atoms. The normalized spacial score (nSPS) is 10.6. The Labute approximate surface area is 188 Å². The van der Waals surface area contributed by atoms with E-state index in [1.54, 1.807) is 48.5 Å². The van der Waals surface area contributed by atoms with Gasteiger partial charge in [0.2, 0.25) is 0 Å². The monoisotopic (exact) mass is 450 g/mol. The molecule has 5 nitrogen and oxygen atoms in total. The number of esters is 1. The van der Waals surface area contributed by atoms with Crippen LogP contribution >= 0.6 is 23.2 Å². The van der Waals surface area contributed by atoms with Crippen molar-refractivity contribution in [2.75, 3.05) is 11.9 Å². The van der Waals surface area contributed by atoms with Crippen molar-refractivity contribution in [3.63, 3.8) is 0 Å². The Morgan fingerprint density at radius 2 is 1.65 bits per heavy atom. The third-order valence-corrected chi connectivity index (χ3v) is 5.01. The summed E-state index contributed by atoms with van der Waals surface area (Å²) in [5.41, 5.74) is 2.90. The number of carbonyl (C=O) groups is 2. The van der Waals surface area contributed by atoms with Gasteiger partial charge in [-0.05, 0) is 42.5 Å². The van der Waals surface area contributed by atoms with Gasteiger partial charge in [-0.15, -0.1) is 0 Å². The van der Waals surface area contributed by atoms with Crippen LogP contribution in [0.3, 0.4) is 0 Å². The van der Waals surface area contributed by atoms with E-state index in [-0.39, 0.29) is 0 Å². The number of pyridine rings is 1. The van der Waals surface area contributed by atoms with Crippen LogP contribution in [-0.4, -0.2) is 23.5 Å². The number of ether oxygens (including phenoxy) is 1. The summed E-state index contributed by atoms with van der Waals surface area (Å²) in [6.07, 6.45) is 0. The van der Waals surface area contributed by atoms with Gasteiger partial charge in [-0.25, -0.2) is 9.78 Å². The van der Waals surface area contributed by atoms with Crippen LogP contribution < -0.4 is 5.32 Å². The van der Waals surface area contributed by atoms with E-state index in [2.05, 4.69) is 10.3 Å². The molecule has 4 rings (SSSR count). The lowest BCUT2D eigenvalue weighted by Gasteiger charge is -2.11. The highest BCUT2D eigenvalue weighted by molar-refractivity contribution is 6.31. The second-order valence-electron chi connectivity index (χ2n) is 6.71. The minimum atomic E-state index is -0.616. The third kappa shape index (κ3) is 5.02. The van der Waals surface area contributed by atoms with E-state index in [4.69, 9.17) is 27.9 Å². The lowest BCUT2D eigenvalue weighted by molar-refractivity contribution is -0.119. The van der Waals surface area contributed by atoms with Gasteiger partial charge in [0.15, 0.2) is 6.61 Å². The smallest absolute Gasteiger partial charge is 0.339 e. The summed E-state index contributed by atoms with van der Waals surface area (Å²) >= 11 is 11.9. The van der Waals surface area contributed by atoms with Crippen LogP contribution in [0.25, 0.3) is 22.2 Å². The van der Waals surface area contributed by atoms with Crippen molar-refractivity contribution in [3.8, 4) is 11.3 Å². The minimum Gasteiger partial charge on any atom is -0.452 e. The Morgan fingerprint density at radius 3 is 2.42 bits per heavy atom. The number of para-hydroxylation sites is 1. The summed E-state index contributed by atoms with van der Waals surface area (Å²) in [5, 5.41) is 4.38. The highest BCUT2D eigenvalue weighted by atomic mass is 35.5. The molecule has 4 aromatic rings. The molecule has 0 spiro atoms. The molecule has 154 valence electrons. The van der Waals surface area contributed by atoms with E-state index in [1.165, 1.54) is 0 Å². The molecule has 0 atom stereocenters. The number of amides is 1. The highest BCUT2D eigenvalue weighted by Crippen LogP contribution is 2.26. The van der Waals surface area contributed by atoms with E-state index in [9.17, 15) is 9.59 Å². The van der Waals surface area contributed by atoms with Gasteiger partial charge in [0.1, 0.15) is 0 Å². The first kappa shape index (κ1) is 20.8. The molecule has 0 aliphatic carbocycles. The Morgan fingerprint density at radius 1 is 0.871 bits per heavy atom. The summed E-state index contributed by atoms with van der Waals surface area (Å²) in [4.78, 5) is 29.7. The molecule has 7 heteroatoms. The van der Waals surface area contributed by atoms with Gasteiger partial charge in [-0.3, -0.25) is 4.79 Å². The predicted molar refractivity (Wildman–Crippen MR) is 123 cm³/mol. The number of benzene rings is 3. The quantitative estimate of drug-likeness (QED) is 0.378. The van der Waals surface area contributed by atoms with Gasteiger partial charge in [0, 0.05) is 26.7 Å². The number of nitrogens with one attached hydrogen (secondary N) is 1. The fourth-order valence-corrected chi connectivity index (χ4v) is 3.40. The maximum Gasteiger partial charge on any atom is 0.339 e. The van der Waals surface area contributed by atoms with Crippen LogP contribution in [0.4, 0.5) is 5.69 Å². The van der Waals surface area contributed by atoms with Crippen LogP contribution in [0, 0.1) is 0 Å². The standard InChI is InChI=1S/C24H16Cl2N2O3/c25-16-10-8-15(9-11-16)22-13-20(19-6-1-2-7-21(19)28-22)24(30)31-14-23(29)27-18-5-3-4-17(26)12-18/h1-13H,14H2,(H,27,29). The number of fused-ring (bicyclic) bond motifs is 1. The molecular formula is C24H16Cl2N2O3. The molecule has 1 amide bonds. The average Bonchev–Trinajstić information content (AvgIpc) is 2.77. The molecule has 0 saturated carbocycles. The lowest BCUT2D eigenvalue weighted by atomic mass is 10.0. The number of hydrogen-bond donors (Lipinski definition) is 1. The SMILES string of the molecule is O=C(COC(=O)c1cc(-c2ccc(Cl)cc2)nc2ccccc12)Nc1cccc(Cl)c1. The number of hydrogen-bond acceptors (Lipinski definition) is 4. The van der Waals surface area contributed by atoms with Crippen molar-refractivity contribution in [1.29, 1.82) is 0 Å². The molecule has 1 N–H and O–H groups in total. The van der Waals surface area contributed by atoms with Crippen LogP contribution in [0.15, 0.2) is 78.9 Å².